The molecule has 0 saturated carbocycles. The van der Waals surface area contributed by atoms with E-state index in [-0.39, 0.29) is 24.6 Å². The first-order valence-electron chi connectivity index (χ1n) is 5.76. The van der Waals surface area contributed by atoms with E-state index in [4.69, 9.17) is 14.2 Å². The Morgan fingerprint density at radius 1 is 1.42 bits per heavy atom. The average molecular weight is 271 g/mol. The van der Waals surface area contributed by atoms with Gasteiger partial charge in [-0.3, -0.25) is 9.89 Å². The van der Waals surface area contributed by atoms with Gasteiger partial charge < -0.3 is 19.5 Å². The fraction of sp³-hybridized carbons (Fsp3) is 0.545. The fourth-order valence-electron chi connectivity index (χ4n) is 1.23. The quantitative estimate of drug-likeness (QED) is 0.517. The molecule has 0 radical (unpaired) electrons. The molecule has 8 nitrogen and oxygen atoms in total. The molecule has 0 saturated heterocycles. The Balaban J connectivity index is 2.46. The lowest BCUT2D eigenvalue weighted by molar-refractivity contribution is -0.121. The van der Waals surface area contributed by atoms with Crippen molar-refractivity contribution >= 4 is 17.7 Å². The van der Waals surface area contributed by atoms with Gasteiger partial charge in [-0.05, 0) is 6.92 Å². The van der Waals surface area contributed by atoms with Crippen LogP contribution in [0.4, 0.5) is 5.82 Å². The summed E-state index contributed by atoms with van der Waals surface area (Å²) in [6, 6.07) is 0. The lowest BCUT2D eigenvalue weighted by atomic mass is 10.3. The van der Waals surface area contributed by atoms with Crippen molar-refractivity contribution in [3.63, 3.8) is 0 Å². The van der Waals surface area contributed by atoms with Gasteiger partial charge in [-0.1, -0.05) is 0 Å². The largest absolute Gasteiger partial charge is 0.462 e. The van der Waals surface area contributed by atoms with Crippen molar-refractivity contribution < 1.29 is 23.8 Å². The Kier molecular flexibility index (Phi) is 6.55. The van der Waals surface area contributed by atoms with E-state index in [2.05, 4.69) is 15.5 Å². The molecule has 1 amide bonds. The summed E-state index contributed by atoms with van der Waals surface area (Å²) in [5.74, 6) is -0.753. The minimum atomic E-state index is -0.549. The first-order valence-corrected chi connectivity index (χ1v) is 5.76. The van der Waals surface area contributed by atoms with E-state index >= 15 is 0 Å². The molecule has 8 heteroatoms. The molecule has 2 N–H and O–H groups in total. The molecule has 19 heavy (non-hydrogen) atoms. The van der Waals surface area contributed by atoms with Crippen LogP contribution in [0.3, 0.4) is 0 Å². The standard InChI is InChI=1S/C11H17N3O5/c1-3-19-11(16)8-6-12-14-10(8)13-9(15)7-18-5-4-17-2/h6H,3-5,7H2,1-2H3,(H2,12,13,14,15). The Morgan fingerprint density at radius 2 is 2.21 bits per heavy atom. The van der Waals surface area contributed by atoms with Crippen LogP contribution in [0.15, 0.2) is 6.20 Å². The highest BCUT2D eigenvalue weighted by molar-refractivity contribution is 6.00. The Morgan fingerprint density at radius 3 is 2.89 bits per heavy atom. The zero-order chi connectivity index (χ0) is 14.1. The molecule has 0 aliphatic carbocycles. The van der Waals surface area contributed by atoms with Crippen LogP contribution in [0.1, 0.15) is 17.3 Å². The topological polar surface area (TPSA) is 103 Å². The summed E-state index contributed by atoms with van der Waals surface area (Å²) in [4.78, 5) is 23.1. The number of nitrogens with one attached hydrogen (secondary N) is 2. The van der Waals surface area contributed by atoms with Crippen LogP contribution in [-0.4, -0.2) is 55.6 Å². The maximum Gasteiger partial charge on any atom is 0.343 e. The van der Waals surface area contributed by atoms with E-state index in [0.29, 0.717) is 13.2 Å². The van der Waals surface area contributed by atoms with Crippen LogP contribution in [0.5, 0.6) is 0 Å². The highest BCUT2D eigenvalue weighted by atomic mass is 16.5. The zero-order valence-electron chi connectivity index (χ0n) is 10.9. The molecule has 1 heterocycles. The number of methoxy groups -OCH3 is 1. The molecule has 0 bridgehead atoms. The average Bonchev–Trinajstić information content (AvgIpc) is 2.83. The second kappa shape index (κ2) is 8.22. The van der Waals surface area contributed by atoms with Crippen molar-refractivity contribution in [2.75, 3.05) is 38.9 Å². The summed E-state index contributed by atoms with van der Waals surface area (Å²) in [6.07, 6.45) is 1.29. The highest BCUT2D eigenvalue weighted by Crippen LogP contribution is 2.12. The van der Waals surface area contributed by atoms with Gasteiger partial charge in [0.1, 0.15) is 18.0 Å². The van der Waals surface area contributed by atoms with Crippen LogP contribution < -0.4 is 5.32 Å². The molecule has 1 rings (SSSR count). The number of H-pyrrole nitrogens is 1. The van der Waals surface area contributed by atoms with Crippen molar-refractivity contribution in [2.45, 2.75) is 6.92 Å². The minimum Gasteiger partial charge on any atom is -0.462 e. The van der Waals surface area contributed by atoms with Gasteiger partial charge in [0.05, 0.1) is 26.0 Å². The summed E-state index contributed by atoms with van der Waals surface area (Å²) < 4.78 is 14.6. The molecule has 0 aromatic carbocycles. The van der Waals surface area contributed by atoms with Crippen molar-refractivity contribution in [1.82, 2.24) is 10.2 Å². The molecule has 1 aromatic heterocycles. The first kappa shape index (κ1) is 15.1. The molecular weight excluding hydrogens is 254 g/mol. The van der Waals surface area contributed by atoms with Gasteiger partial charge in [0.15, 0.2) is 0 Å². The first-order chi connectivity index (χ1) is 9.19. The maximum absolute atomic E-state index is 11.5. The monoisotopic (exact) mass is 271 g/mol. The van der Waals surface area contributed by atoms with Gasteiger partial charge in [-0.15, -0.1) is 0 Å². The van der Waals surface area contributed by atoms with Gasteiger partial charge in [0.2, 0.25) is 0 Å². The number of carbonyl (C=O) groups is 2. The normalized spacial score (nSPS) is 10.2. The van der Waals surface area contributed by atoms with Crippen LogP contribution in [0, 0.1) is 0 Å². The number of anilines is 1. The van der Waals surface area contributed by atoms with Gasteiger partial charge >= 0.3 is 5.97 Å². The van der Waals surface area contributed by atoms with Crippen LogP contribution in [0.2, 0.25) is 0 Å². The second-order valence-corrected chi connectivity index (χ2v) is 3.47. The van der Waals surface area contributed by atoms with Gasteiger partial charge in [-0.25, -0.2) is 4.79 Å². The van der Waals surface area contributed by atoms with Crippen molar-refractivity contribution in [3.05, 3.63) is 11.8 Å². The molecule has 0 spiro atoms. The zero-order valence-corrected chi connectivity index (χ0v) is 10.9. The molecule has 0 aliphatic rings. The number of ether oxygens (including phenoxy) is 3. The number of aromatic nitrogens is 2. The summed E-state index contributed by atoms with van der Waals surface area (Å²) in [5.41, 5.74) is 0.173. The number of aromatic amines is 1. The van der Waals surface area contributed by atoms with Crippen molar-refractivity contribution in [3.8, 4) is 0 Å². The molecule has 0 fully saturated rings. The number of carbonyl (C=O) groups excluding carboxylic acids is 2. The van der Waals surface area contributed by atoms with E-state index in [9.17, 15) is 9.59 Å². The molecule has 1 aromatic rings. The lowest BCUT2D eigenvalue weighted by Gasteiger charge is -2.06. The Hall–Kier alpha value is -1.93. The van der Waals surface area contributed by atoms with Crippen LogP contribution in [-0.2, 0) is 19.0 Å². The summed E-state index contributed by atoms with van der Waals surface area (Å²) >= 11 is 0. The lowest BCUT2D eigenvalue weighted by Crippen LogP contribution is -2.21. The summed E-state index contributed by atoms with van der Waals surface area (Å²) in [6.45, 7) is 2.53. The highest BCUT2D eigenvalue weighted by Gasteiger charge is 2.16. The third kappa shape index (κ3) is 5.06. The molecular formula is C11H17N3O5. The molecule has 0 atom stereocenters. The summed E-state index contributed by atoms with van der Waals surface area (Å²) in [5, 5.41) is 8.68. The second-order valence-electron chi connectivity index (χ2n) is 3.47. The van der Waals surface area contributed by atoms with E-state index in [1.54, 1.807) is 14.0 Å². The van der Waals surface area contributed by atoms with E-state index in [1.807, 2.05) is 0 Å². The van der Waals surface area contributed by atoms with Gasteiger partial charge in [-0.2, -0.15) is 5.10 Å². The number of rotatable bonds is 8. The van der Waals surface area contributed by atoms with E-state index in [0.717, 1.165) is 0 Å². The van der Waals surface area contributed by atoms with Gasteiger partial charge in [0.25, 0.3) is 5.91 Å². The predicted molar refractivity (Wildman–Crippen MR) is 65.9 cm³/mol. The van der Waals surface area contributed by atoms with E-state index < -0.39 is 11.9 Å². The Bertz CT molecular complexity index is 418. The Labute approximate surface area is 110 Å². The molecule has 0 aliphatic heterocycles. The number of nitrogens with zero attached hydrogens (tertiary/aromatic N) is 1. The van der Waals surface area contributed by atoms with Gasteiger partial charge in [0, 0.05) is 7.11 Å². The summed E-state index contributed by atoms with van der Waals surface area (Å²) in [7, 11) is 1.54. The van der Waals surface area contributed by atoms with Crippen molar-refractivity contribution in [2.24, 2.45) is 0 Å². The van der Waals surface area contributed by atoms with Crippen molar-refractivity contribution in [1.29, 1.82) is 0 Å². The number of hydrogen-bond donors (Lipinski definition) is 2. The SMILES string of the molecule is CCOC(=O)c1cn[nH]c1NC(=O)COCCOC. The number of esters is 1. The predicted octanol–water partition coefficient (Wildman–Crippen LogP) is 0.188. The van der Waals surface area contributed by atoms with Crippen LogP contribution >= 0.6 is 0 Å². The molecule has 0 unspecified atom stereocenters. The number of hydrogen-bond acceptors (Lipinski definition) is 6. The minimum absolute atomic E-state index is 0.134. The third-order valence-electron chi connectivity index (χ3n) is 2.06. The third-order valence-corrected chi connectivity index (χ3v) is 2.06. The van der Waals surface area contributed by atoms with E-state index in [1.165, 1.54) is 6.20 Å². The number of amides is 1. The van der Waals surface area contributed by atoms with Crippen LogP contribution in [0.25, 0.3) is 0 Å². The molecule has 106 valence electrons. The fourth-order valence-corrected chi connectivity index (χ4v) is 1.23. The maximum atomic E-state index is 11.5. The smallest absolute Gasteiger partial charge is 0.343 e.